The summed E-state index contributed by atoms with van der Waals surface area (Å²) in [6, 6.07) is 4.06. The van der Waals surface area contributed by atoms with Gasteiger partial charge in [0.25, 0.3) is 0 Å². The van der Waals surface area contributed by atoms with Crippen LogP contribution in [0.4, 0.5) is 0 Å². The van der Waals surface area contributed by atoms with E-state index >= 15 is 0 Å². The number of esters is 1. The van der Waals surface area contributed by atoms with Crippen molar-refractivity contribution in [3.63, 3.8) is 0 Å². The number of ketones is 1. The Bertz CT molecular complexity index is 902. The predicted molar refractivity (Wildman–Crippen MR) is 105 cm³/mol. The molecule has 2 aliphatic heterocycles. The van der Waals surface area contributed by atoms with Crippen molar-refractivity contribution in [2.75, 3.05) is 6.61 Å². The van der Waals surface area contributed by atoms with Crippen LogP contribution in [0.1, 0.15) is 42.0 Å². The fourth-order valence-electron chi connectivity index (χ4n) is 5.26. The first-order valence-corrected chi connectivity index (χ1v) is 9.87. The molecule has 4 atom stereocenters. The molecule has 2 heterocycles. The van der Waals surface area contributed by atoms with Gasteiger partial charge < -0.3 is 14.6 Å². The number of benzene rings is 1. The Kier molecular flexibility index (Phi) is 4.46. The predicted octanol–water partition coefficient (Wildman–Crippen LogP) is 3.75. The lowest BCUT2D eigenvalue weighted by Gasteiger charge is -2.29. The second-order valence-corrected chi connectivity index (χ2v) is 8.10. The van der Waals surface area contributed by atoms with E-state index in [4.69, 9.17) is 9.47 Å². The van der Waals surface area contributed by atoms with Crippen molar-refractivity contribution in [1.29, 1.82) is 0 Å². The Labute approximate surface area is 165 Å². The molecule has 0 spiro atoms. The van der Waals surface area contributed by atoms with Crippen molar-refractivity contribution in [2.24, 2.45) is 11.8 Å². The minimum absolute atomic E-state index is 0.0649. The summed E-state index contributed by atoms with van der Waals surface area (Å²) >= 11 is 0. The Morgan fingerprint density at radius 1 is 1.25 bits per heavy atom. The second-order valence-electron chi connectivity index (χ2n) is 8.10. The fourth-order valence-corrected chi connectivity index (χ4v) is 5.26. The van der Waals surface area contributed by atoms with E-state index in [1.807, 2.05) is 45.1 Å². The van der Waals surface area contributed by atoms with Crippen molar-refractivity contribution < 1.29 is 24.2 Å². The van der Waals surface area contributed by atoms with Crippen molar-refractivity contribution in [3.05, 3.63) is 52.3 Å². The SMILES string of the molecule is CCOC(=O)CC[C@]12C=C[C@H](O1)[C@@H]1C(=O)C(c3c(C)cc(C)cc3C)=C(O)[C@@H]12. The molecular formula is C23H26O5. The number of carbonyl (C=O) groups is 2. The van der Waals surface area contributed by atoms with E-state index in [0.717, 1.165) is 22.3 Å². The molecule has 3 aliphatic rings. The molecule has 1 saturated heterocycles. The Balaban J connectivity index is 1.73. The van der Waals surface area contributed by atoms with Gasteiger partial charge in [-0.3, -0.25) is 9.59 Å². The summed E-state index contributed by atoms with van der Waals surface area (Å²) in [6.07, 6.45) is 4.03. The van der Waals surface area contributed by atoms with Gasteiger partial charge in [0.1, 0.15) is 5.76 Å². The molecule has 1 aromatic rings. The Morgan fingerprint density at radius 3 is 2.57 bits per heavy atom. The third kappa shape index (κ3) is 2.64. The van der Waals surface area contributed by atoms with Crippen LogP contribution in [-0.2, 0) is 19.1 Å². The minimum atomic E-state index is -0.823. The maximum absolute atomic E-state index is 13.3. The molecule has 1 aromatic carbocycles. The average Bonchev–Trinajstić information content (AvgIpc) is 3.26. The van der Waals surface area contributed by atoms with Crippen LogP contribution < -0.4 is 0 Å². The van der Waals surface area contributed by atoms with Gasteiger partial charge in [0.15, 0.2) is 5.78 Å². The van der Waals surface area contributed by atoms with Gasteiger partial charge in [-0.15, -0.1) is 0 Å². The third-order valence-corrected chi connectivity index (χ3v) is 6.22. The molecule has 0 unspecified atom stereocenters. The second kappa shape index (κ2) is 6.59. The first-order chi connectivity index (χ1) is 13.3. The molecule has 1 N–H and O–H groups in total. The van der Waals surface area contributed by atoms with Crippen LogP contribution in [0.3, 0.4) is 0 Å². The first kappa shape index (κ1) is 18.9. The Morgan fingerprint density at radius 2 is 1.93 bits per heavy atom. The summed E-state index contributed by atoms with van der Waals surface area (Å²) in [7, 11) is 0. The van der Waals surface area contributed by atoms with Crippen LogP contribution in [0.25, 0.3) is 5.57 Å². The normalized spacial score (nSPS) is 30.3. The number of hydrogen-bond acceptors (Lipinski definition) is 5. The lowest BCUT2D eigenvalue weighted by Crippen LogP contribution is -2.36. The lowest BCUT2D eigenvalue weighted by molar-refractivity contribution is -0.144. The molecule has 5 nitrogen and oxygen atoms in total. The molecule has 1 fully saturated rings. The van der Waals surface area contributed by atoms with Crippen LogP contribution in [-0.4, -0.2) is 35.2 Å². The van der Waals surface area contributed by atoms with E-state index in [-0.39, 0.29) is 30.0 Å². The van der Waals surface area contributed by atoms with Crippen molar-refractivity contribution in [1.82, 2.24) is 0 Å². The highest BCUT2D eigenvalue weighted by Crippen LogP contribution is 2.58. The maximum atomic E-state index is 13.3. The van der Waals surface area contributed by atoms with E-state index < -0.39 is 17.4 Å². The lowest BCUT2D eigenvalue weighted by atomic mass is 9.74. The van der Waals surface area contributed by atoms with Crippen LogP contribution in [0.15, 0.2) is 30.0 Å². The number of aryl methyl sites for hydroxylation is 3. The summed E-state index contributed by atoms with van der Waals surface area (Å²) in [4.78, 5) is 25.2. The molecule has 0 radical (unpaired) electrons. The summed E-state index contributed by atoms with van der Waals surface area (Å²) in [6.45, 7) is 8.06. The first-order valence-electron chi connectivity index (χ1n) is 9.87. The number of carbonyl (C=O) groups excluding carboxylic acids is 2. The van der Waals surface area contributed by atoms with Gasteiger partial charge in [0.2, 0.25) is 0 Å². The number of hydrogen-bond donors (Lipinski definition) is 1. The standard InChI is InChI=1S/C23H26O5/c1-5-27-16(24)7-9-23-8-6-15(28-23)18-20(23)22(26)19(21(18)25)17-13(3)10-12(2)11-14(17)4/h6,8,10-11,15,18,20,26H,5,7,9H2,1-4H3/t15-,18-,20+,23-/m0/s1. The molecule has 1 aliphatic carbocycles. The van der Waals surface area contributed by atoms with Crippen molar-refractivity contribution >= 4 is 17.3 Å². The summed E-state index contributed by atoms with van der Waals surface area (Å²) < 4.78 is 11.2. The molecule has 148 valence electrons. The number of aliphatic hydroxyl groups excluding tert-OH is 1. The molecule has 0 aromatic heterocycles. The molecule has 4 rings (SSSR count). The number of Topliss-reactive ketones (excluding diaryl/α,β-unsaturated/α-hetero) is 1. The van der Waals surface area contributed by atoms with Gasteiger partial charge in [0.05, 0.1) is 35.7 Å². The summed E-state index contributed by atoms with van der Waals surface area (Å²) in [5.74, 6) is -1.13. The van der Waals surface area contributed by atoms with Crippen molar-refractivity contribution in [3.8, 4) is 0 Å². The average molecular weight is 382 g/mol. The minimum Gasteiger partial charge on any atom is -0.511 e. The highest BCUT2D eigenvalue weighted by Gasteiger charge is 2.64. The maximum Gasteiger partial charge on any atom is 0.305 e. The zero-order chi connectivity index (χ0) is 20.2. The highest BCUT2D eigenvalue weighted by atomic mass is 16.5. The quantitative estimate of drug-likeness (QED) is 0.620. The van der Waals surface area contributed by atoms with Gasteiger partial charge in [-0.2, -0.15) is 0 Å². The zero-order valence-corrected chi connectivity index (χ0v) is 16.7. The zero-order valence-electron chi connectivity index (χ0n) is 16.7. The summed E-state index contributed by atoms with van der Waals surface area (Å²) in [5.41, 5.74) is 3.50. The number of rotatable bonds is 5. The van der Waals surface area contributed by atoms with Crippen LogP contribution in [0.5, 0.6) is 0 Å². The van der Waals surface area contributed by atoms with E-state index in [0.29, 0.717) is 18.6 Å². The Hall–Kier alpha value is -2.40. The van der Waals surface area contributed by atoms with E-state index in [2.05, 4.69) is 0 Å². The van der Waals surface area contributed by atoms with Gasteiger partial charge >= 0.3 is 5.97 Å². The highest BCUT2D eigenvalue weighted by molar-refractivity contribution is 6.26. The van der Waals surface area contributed by atoms with Gasteiger partial charge in [-0.1, -0.05) is 29.8 Å². The topological polar surface area (TPSA) is 72.8 Å². The third-order valence-electron chi connectivity index (χ3n) is 6.22. The van der Waals surface area contributed by atoms with E-state index in [1.165, 1.54) is 0 Å². The van der Waals surface area contributed by atoms with E-state index in [9.17, 15) is 14.7 Å². The van der Waals surface area contributed by atoms with Gasteiger partial charge in [-0.25, -0.2) is 0 Å². The largest absolute Gasteiger partial charge is 0.511 e. The van der Waals surface area contributed by atoms with E-state index in [1.54, 1.807) is 6.92 Å². The number of ether oxygens (including phenoxy) is 2. The van der Waals surface area contributed by atoms with Crippen LogP contribution in [0, 0.1) is 32.6 Å². The molecule has 28 heavy (non-hydrogen) atoms. The molecule has 0 saturated carbocycles. The van der Waals surface area contributed by atoms with Crippen molar-refractivity contribution in [2.45, 2.75) is 52.2 Å². The summed E-state index contributed by atoms with van der Waals surface area (Å²) in [5, 5.41) is 11.2. The number of aliphatic hydroxyl groups is 1. The molecular weight excluding hydrogens is 356 g/mol. The molecule has 2 bridgehead atoms. The smallest absolute Gasteiger partial charge is 0.305 e. The number of fused-ring (bicyclic) bond motifs is 5. The van der Waals surface area contributed by atoms with Gasteiger partial charge in [-0.05, 0) is 50.8 Å². The van der Waals surface area contributed by atoms with Gasteiger partial charge in [0, 0.05) is 6.42 Å². The fraction of sp³-hybridized carbons (Fsp3) is 0.478. The van der Waals surface area contributed by atoms with Crippen LogP contribution in [0.2, 0.25) is 0 Å². The van der Waals surface area contributed by atoms with Crippen LogP contribution >= 0.6 is 0 Å². The number of allylic oxidation sites excluding steroid dienone is 1. The molecule has 5 heteroatoms. The molecule has 0 amide bonds. The monoisotopic (exact) mass is 382 g/mol.